The molecule has 134 valence electrons. The van der Waals surface area contributed by atoms with Crippen molar-refractivity contribution in [2.75, 3.05) is 0 Å². The van der Waals surface area contributed by atoms with Crippen molar-refractivity contribution in [3.63, 3.8) is 0 Å². The van der Waals surface area contributed by atoms with Crippen molar-refractivity contribution in [3.8, 4) is 0 Å². The highest BCUT2D eigenvalue weighted by atomic mass is 35.5. The van der Waals surface area contributed by atoms with Crippen molar-refractivity contribution >= 4 is 17.5 Å². The van der Waals surface area contributed by atoms with Gasteiger partial charge in [0.1, 0.15) is 12.1 Å². The summed E-state index contributed by atoms with van der Waals surface area (Å²) in [4.78, 5) is 16.1. The van der Waals surface area contributed by atoms with Crippen molar-refractivity contribution in [3.05, 3.63) is 82.6 Å². The second kappa shape index (κ2) is 8.07. The lowest BCUT2D eigenvalue weighted by Crippen LogP contribution is -2.24. The molecule has 0 aliphatic rings. The Morgan fingerprint density at radius 2 is 2.04 bits per heavy atom. The Bertz CT molecular complexity index is 898. The molecule has 26 heavy (non-hydrogen) atoms. The number of hydrogen-bond acceptors (Lipinski definition) is 4. The number of rotatable bonds is 6. The Hall–Kier alpha value is -2.77. The van der Waals surface area contributed by atoms with Gasteiger partial charge in [0, 0.05) is 11.6 Å². The Morgan fingerprint density at radius 1 is 1.27 bits per heavy atom. The highest BCUT2D eigenvalue weighted by molar-refractivity contribution is 6.30. The third-order valence-electron chi connectivity index (χ3n) is 3.70. The van der Waals surface area contributed by atoms with Crippen molar-refractivity contribution in [1.82, 2.24) is 20.1 Å². The SMILES string of the molecule is O=C(NCc1cccc(Cl)c1)c1ncn(CC(O)c2ccc(F)cc2)n1. The minimum absolute atomic E-state index is 0.00154. The first kappa shape index (κ1) is 18.0. The predicted octanol–water partition coefficient (Wildman–Crippen LogP) is 2.73. The van der Waals surface area contributed by atoms with Gasteiger partial charge < -0.3 is 10.4 Å². The van der Waals surface area contributed by atoms with Gasteiger partial charge in [-0.25, -0.2) is 14.1 Å². The first-order valence-electron chi connectivity index (χ1n) is 7.87. The van der Waals surface area contributed by atoms with Crippen molar-refractivity contribution in [2.45, 2.75) is 19.2 Å². The maximum atomic E-state index is 12.9. The highest BCUT2D eigenvalue weighted by Gasteiger charge is 2.14. The molecule has 0 aliphatic carbocycles. The molecule has 3 rings (SSSR count). The van der Waals surface area contributed by atoms with E-state index in [1.54, 1.807) is 18.2 Å². The fraction of sp³-hybridized carbons (Fsp3) is 0.167. The van der Waals surface area contributed by atoms with Crippen LogP contribution in [0.3, 0.4) is 0 Å². The number of carbonyl (C=O) groups is 1. The summed E-state index contributed by atoms with van der Waals surface area (Å²) in [6.45, 7) is 0.395. The Labute approximate surface area is 154 Å². The number of aliphatic hydroxyl groups excluding tert-OH is 1. The van der Waals surface area contributed by atoms with Crippen LogP contribution in [0.4, 0.5) is 4.39 Å². The lowest BCUT2D eigenvalue weighted by molar-refractivity contribution is 0.0938. The van der Waals surface area contributed by atoms with E-state index in [9.17, 15) is 14.3 Å². The number of aromatic nitrogens is 3. The van der Waals surface area contributed by atoms with Crippen molar-refractivity contribution in [2.24, 2.45) is 0 Å². The van der Waals surface area contributed by atoms with Crippen LogP contribution in [0.2, 0.25) is 5.02 Å². The van der Waals surface area contributed by atoms with E-state index in [2.05, 4.69) is 15.4 Å². The molecule has 0 radical (unpaired) electrons. The molecule has 1 aromatic heterocycles. The molecule has 8 heteroatoms. The van der Waals surface area contributed by atoms with E-state index in [-0.39, 0.29) is 18.2 Å². The average Bonchev–Trinajstić information content (AvgIpc) is 3.09. The molecule has 1 unspecified atom stereocenters. The lowest BCUT2D eigenvalue weighted by atomic mass is 10.1. The molecule has 1 amide bonds. The van der Waals surface area contributed by atoms with Crippen molar-refractivity contribution in [1.29, 1.82) is 0 Å². The standard InChI is InChI=1S/C18H16ClFN4O2/c19-14-3-1-2-12(8-14)9-21-18(26)17-22-11-24(23-17)10-16(25)13-4-6-15(20)7-5-13/h1-8,11,16,25H,9-10H2,(H,21,26). The summed E-state index contributed by atoms with van der Waals surface area (Å²) in [5.41, 5.74) is 1.41. The molecular weight excluding hydrogens is 359 g/mol. The summed E-state index contributed by atoms with van der Waals surface area (Å²) < 4.78 is 14.3. The summed E-state index contributed by atoms with van der Waals surface area (Å²) in [7, 11) is 0. The predicted molar refractivity (Wildman–Crippen MR) is 94.0 cm³/mol. The molecule has 1 heterocycles. The number of nitrogens with one attached hydrogen (secondary N) is 1. The fourth-order valence-electron chi connectivity index (χ4n) is 2.36. The zero-order chi connectivity index (χ0) is 18.5. The van der Waals surface area contributed by atoms with Gasteiger partial charge in [-0.1, -0.05) is 35.9 Å². The first-order chi connectivity index (χ1) is 12.5. The van der Waals surface area contributed by atoms with E-state index in [0.717, 1.165) is 5.56 Å². The molecule has 0 saturated heterocycles. The summed E-state index contributed by atoms with van der Waals surface area (Å²) >= 11 is 5.90. The summed E-state index contributed by atoms with van der Waals surface area (Å²) in [5.74, 6) is -0.807. The third-order valence-corrected chi connectivity index (χ3v) is 3.93. The molecule has 1 atom stereocenters. The number of hydrogen-bond donors (Lipinski definition) is 2. The number of aliphatic hydroxyl groups is 1. The van der Waals surface area contributed by atoms with E-state index in [1.807, 2.05) is 6.07 Å². The number of halogens is 2. The lowest BCUT2D eigenvalue weighted by Gasteiger charge is -2.10. The second-order valence-electron chi connectivity index (χ2n) is 5.67. The number of amides is 1. The number of carbonyl (C=O) groups excluding carboxylic acids is 1. The molecule has 0 spiro atoms. The first-order valence-corrected chi connectivity index (χ1v) is 8.24. The number of benzene rings is 2. The van der Waals surface area contributed by atoms with Gasteiger partial charge in [0.15, 0.2) is 0 Å². The number of nitrogens with zero attached hydrogens (tertiary/aromatic N) is 3. The van der Waals surface area contributed by atoms with Crippen LogP contribution in [0.1, 0.15) is 27.8 Å². The van der Waals surface area contributed by atoms with Crippen LogP contribution in [0.5, 0.6) is 0 Å². The molecule has 2 aromatic carbocycles. The van der Waals surface area contributed by atoms with E-state index >= 15 is 0 Å². The van der Waals surface area contributed by atoms with Crippen LogP contribution in [0.15, 0.2) is 54.9 Å². The van der Waals surface area contributed by atoms with Gasteiger partial charge in [-0.2, -0.15) is 0 Å². The molecule has 3 aromatic rings. The van der Waals surface area contributed by atoms with Crippen LogP contribution < -0.4 is 5.32 Å². The van der Waals surface area contributed by atoms with Gasteiger partial charge in [-0.05, 0) is 35.4 Å². The Kier molecular flexibility index (Phi) is 5.60. The van der Waals surface area contributed by atoms with Gasteiger partial charge in [-0.3, -0.25) is 4.79 Å². The summed E-state index contributed by atoms with van der Waals surface area (Å²) in [6, 6.07) is 12.7. The quantitative estimate of drug-likeness (QED) is 0.695. The average molecular weight is 375 g/mol. The van der Waals surface area contributed by atoms with Crippen LogP contribution in [0, 0.1) is 5.82 Å². The molecule has 0 aliphatic heterocycles. The Balaban J connectivity index is 1.58. The molecule has 2 N–H and O–H groups in total. The van der Waals surface area contributed by atoms with Crippen molar-refractivity contribution < 1.29 is 14.3 Å². The normalized spacial score (nSPS) is 12.0. The maximum absolute atomic E-state index is 12.9. The topological polar surface area (TPSA) is 80.0 Å². The Morgan fingerprint density at radius 3 is 2.77 bits per heavy atom. The zero-order valence-electron chi connectivity index (χ0n) is 13.6. The monoisotopic (exact) mass is 374 g/mol. The second-order valence-corrected chi connectivity index (χ2v) is 6.11. The van der Waals surface area contributed by atoms with E-state index in [4.69, 9.17) is 11.6 Å². The van der Waals surface area contributed by atoms with Crippen LogP contribution >= 0.6 is 11.6 Å². The molecule has 0 bridgehead atoms. The van der Waals surface area contributed by atoms with Gasteiger partial charge >= 0.3 is 0 Å². The molecule has 0 saturated carbocycles. The molecule has 0 fully saturated rings. The smallest absolute Gasteiger partial charge is 0.291 e. The largest absolute Gasteiger partial charge is 0.386 e. The molecular formula is C18H16ClFN4O2. The highest BCUT2D eigenvalue weighted by Crippen LogP contribution is 2.15. The minimum atomic E-state index is -0.889. The maximum Gasteiger partial charge on any atom is 0.291 e. The third kappa shape index (κ3) is 4.65. The van der Waals surface area contributed by atoms with Gasteiger partial charge in [0.25, 0.3) is 5.91 Å². The van der Waals surface area contributed by atoms with Crippen LogP contribution in [-0.2, 0) is 13.1 Å². The summed E-state index contributed by atoms with van der Waals surface area (Å²) in [6.07, 6.45) is 0.473. The minimum Gasteiger partial charge on any atom is -0.386 e. The van der Waals surface area contributed by atoms with E-state index in [1.165, 1.54) is 35.3 Å². The van der Waals surface area contributed by atoms with Gasteiger partial charge in [0.2, 0.25) is 5.82 Å². The van der Waals surface area contributed by atoms with Crippen LogP contribution in [0.25, 0.3) is 0 Å². The van der Waals surface area contributed by atoms with Gasteiger partial charge in [-0.15, -0.1) is 5.10 Å². The van der Waals surface area contributed by atoms with Crippen LogP contribution in [-0.4, -0.2) is 25.8 Å². The van der Waals surface area contributed by atoms with E-state index in [0.29, 0.717) is 17.1 Å². The summed E-state index contributed by atoms with van der Waals surface area (Å²) in [5, 5.41) is 17.5. The van der Waals surface area contributed by atoms with Gasteiger partial charge in [0.05, 0.1) is 12.6 Å². The van der Waals surface area contributed by atoms with E-state index < -0.39 is 12.0 Å². The molecule has 6 nitrogen and oxygen atoms in total. The fourth-order valence-corrected chi connectivity index (χ4v) is 2.58. The zero-order valence-corrected chi connectivity index (χ0v) is 14.4.